The minimum Gasteiger partial charge on any atom is -0.271 e. The van der Waals surface area contributed by atoms with Gasteiger partial charge in [-0.2, -0.15) is 0 Å². The van der Waals surface area contributed by atoms with E-state index in [4.69, 9.17) is 12.3 Å². The first-order valence-electron chi connectivity index (χ1n) is 4.74. The van der Waals surface area contributed by atoms with E-state index in [0.717, 1.165) is 25.7 Å². The molecule has 0 spiro atoms. The topological polar surface area (TPSA) is 38.0 Å². The lowest BCUT2D eigenvalue weighted by Gasteiger charge is -2.13. The van der Waals surface area contributed by atoms with Crippen molar-refractivity contribution in [2.45, 2.75) is 51.5 Å². The van der Waals surface area contributed by atoms with Crippen molar-refractivity contribution in [2.75, 3.05) is 0 Å². The van der Waals surface area contributed by atoms with Crippen molar-refractivity contribution >= 4 is 0 Å². The summed E-state index contributed by atoms with van der Waals surface area (Å²) in [6.07, 6.45) is 11.8. The number of hydrogen-bond donors (Lipinski definition) is 2. The fraction of sp³-hybridized carbons (Fsp3) is 0.800. The molecule has 0 heterocycles. The molecule has 0 rings (SSSR count). The molecule has 0 saturated carbocycles. The Morgan fingerprint density at radius 3 is 2.58 bits per heavy atom. The molecule has 0 aliphatic carbocycles. The highest BCUT2D eigenvalue weighted by molar-refractivity contribution is 4.83. The van der Waals surface area contributed by atoms with Gasteiger partial charge in [-0.05, 0) is 19.3 Å². The molecule has 0 bridgehead atoms. The normalized spacial score (nSPS) is 12.4. The molecule has 0 aromatic carbocycles. The molecule has 0 amide bonds. The summed E-state index contributed by atoms with van der Waals surface area (Å²) in [5.74, 6) is 8.03. The van der Waals surface area contributed by atoms with Crippen LogP contribution in [0.25, 0.3) is 0 Å². The van der Waals surface area contributed by atoms with Gasteiger partial charge in [0.1, 0.15) is 0 Å². The second kappa shape index (κ2) is 8.58. The van der Waals surface area contributed by atoms with Gasteiger partial charge in [0.05, 0.1) is 0 Å². The van der Waals surface area contributed by atoms with Crippen LogP contribution in [0.15, 0.2) is 0 Å². The number of hydrogen-bond acceptors (Lipinski definition) is 2. The van der Waals surface area contributed by atoms with Gasteiger partial charge in [-0.1, -0.05) is 19.8 Å². The molecule has 0 aliphatic rings. The first-order chi connectivity index (χ1) is 5.85. The monoisotopic (exact) mass is 168 g/mol. The van der Waals surface area contributed by atoms with Gasteiger partial charge in [0, 0.05) is 12.5 Å². The van der Waals surface area contributed by atoms with E-state index in [1.807, 2.05) is 0 Å². The maximum atomic E-state index is 5.39. The van der Waals surface area contributed by atoms with E-state index in [1.165, 1.54) is 12.8 Å². The second-order valence-electron chi connectivity index (χ2n) is 3.10. The Morgan fingerprint density at radius 1 is 1.42 bits per heavy atom. The number of hydrazine groups is 1. The van der Waals surface area contributed by atoms with E-state index in [1.54, 1.807) is 0 Å². The summed E-state index contributed by atoms with van der Waals surface area (Å²) in [7, 11) is 0. The SMILES string of the molecule is C#CCCCC(CCCC)NN. The van der Waals surface area contributed by atoms with Crippen molar-refractivity contribution in [2.24, 2.45) is 5.84 Å². The van der Waals surface area contributed by atoms with Crippen LogP contribution >= 0.6 is 0 Å². The van der Waals surface area contributed by atoms with Crippen LogP contribution in [-0.4, -0.2) is 6.04 Å². The molecular formula is C10H20N2. The summed E-state index contributed by atoms with van der Waals surface area (Å²) < 4.78 is 0. The van der Waals surface area contributed by atoms with Crippen LogP contribution < -0.4 is 11.3 Å². The summed E-state index contributed by atoms with van der Waals surface area (Å²) in [6.45, 7) is 2.19. The molecule has 3 N–H and O–H groups in total. The smallest absolute Gasteiger partial charge is 0.0210 e. The lowest BCUT2D eigenvalue weighted by Crippen LogP contribution is -2.34. The van der Waals surface area contributed by atoms with Crippen LogP contribution in [0, 0.1) is 12.3 Å². The minimum atomic E-state index is 0.457. The number of unbranched alkanes of at least 4 members (excludes halogenated alkanes) is 2. The predicted molar refractivity (Wildman–Crippen MR) is 53.3 cm³/mol. The summed E-state index contributed by atoms with van der Waals surface area (Å²) >= 11 is 0. The Balaban J connectivity index is 3.34. The lowest BCUT2D eigenvalue weighted by molar-refractivity contribution is 0.440. The van der Waals surface area contributed by atoms with Gasteiger partial charge in [-0.3, -0.25) is 11.3 Å². The molecular weight excluding hydrogens is 148 g/mol. The van der Waals surface area contributed by atoms with Crippen LogP contribution in [0.5, 0.6) is 0 Å². The summed E-state index contributed by atoms with van der Waals surface area (Å²) in [4.78, 5) is 0. The van der Waals surface area contributed by atoms with E-state index in [0.29, 0.717) is 6.04 Å². The molecule has 1 unspecified atom stereocenters. The zero-order valence-electron chi connectivity index (χ0n) is 7.97. The first-order valence-corrected chi connectivity index (χ1v) is 4.74. The van der Waals surface area contributed by atoms with Crippen molar-refractivity contribution in [3.05, 3.63) is 0 Å². The molecule has 2 nitrogen and oxygen atoms in total. The van der Waals surface area contributed by atoms with Crippen LogP contribution in [0.1, 0.15) is 45.4 Å². The van der Waals surface area contributed by atoms with E-state index in [-0.39, 0.29) is 0 Å². The van der Waals surface area contributed by atoms with Crippen molar-refractivity contribution in [3.8, 4) is 12.3 Å². The average molecular weight is 168 g/mol. The zero-order chi connectivity index (χ0) is 9.23. The molecule has 70 valence electrons. The van der Waals surface area contributed by atoms with Crippen molar-refractivity contribution < 1.29 is 0 Å². The van der Waals surface area contributed by atoms with Crippen LogP contribution in [0.4, 0.5) is 0 Å². The Bertz CT molecular complexity index is 126. The maximum absolute atomic E-state index is 5.39. The van der Waals surface area contributed by atoms with E-state index >= 15 is 0 Å². The standard InChI is InChI=1S/C10H20N2/c1-3-5-7-9-10(12-11)8-6-4-2/h1,10,12H,4-9,11H2,2H3. The molecule has 0 fully saturated rings. The zero-order valence-corrected chi connectivity index (χ0v) is 7.97. The fourth-order valence-electron chi connectivity index (χ4n) is 1.21. The minimum absolute atomic E-state index is 0.457. The third-order valence-electron chi connectivity index (χ3n) is 2.02. The van der Waals surface area contributed by atoms with E-state index in [9.17, 15) is 0 Å². The highest BCUT2D eigenvalue weighted by Gasteiger charge is 2.03. The molecule has 0 aromatic rings. The third kappa shape index (κ3) is 6.21. The predicted octanol–water partition coefficient (Wildman–Crippen LogP) is 1.81. The fourth-order valence-corrected chi connectivity index (χ4v) is 1.21. The molecule has 0 aliphatic heterocycles. The van der Waals surface area contributed by atoms with Crippen LogP contribution in [0.2, 0.25) is 0 Å². The quantitative estimate of drug-likeness (QED) is 0.263. The van der Waals surface area contributed by atoms with Crippen molar-refractivity contribution in [1.29, 1.82) is 0 Å². The van der Waals surface area contributed by atoms with Gasteiger partial charge in [-0.15, -0.1) is 12.3 Å². The Labute approximate surface area is 75.9 Å². The number of rotatable bonds is 7. The Morgan fingerprint density at radius 2 is 2.08 bits per heavy atom. The number of terminal acetylenes is 1. The number of nitrogens with two attached hydrogens (primary N) is 1. The summed E-state index contributed by atoms with van der Waals surface area (Å²) in [5.41, 5.74) is 2.83. The summed E-state index contributed by atoms with van der Waals surface area (Å²) in [6, 6.07) is 0.457. The van der Waals surface area contributed by atoms with Gasteiger partial charge in [0.15, 0.2) is 0 Å². The third-order valence-corrected chi connectivity index (χ3v) is 2.02. The first kappa shape index (κ1) is 11.5. The Kier molecular flexibility index (Phi) is 8.20. The lowest BCUT2D eigenvalue weighted by atomic mass is 10.0. The van der Waals surface area contributed by atoms with Gasteiger partial charge in [-0.25, -0.2) is 0 Å². The molecule has 1 atom stereocenters. The maximum Gasteiger partial charge on any atom is 0.0210 e. The second-order valence-corrected chi connectivity index (χ2v) is 3.10. The van der Waals surface area contributed by atoms with Gasteiger partial charge in [0.2, 0.25) is 0 Å². The summed E-state index contributed by atoms with van der Waals surface area (Å²) in [5, 5.41) is 0. The molecule has 0 radical (unpaired) electrons. The highest BCUT2D eigenvalue weighted by atomic mass is 15.2. The molecule has 2 heteroatoms. The van der Waals surface area contributed by atoms with E-state index < -0.39 is 0 Å². The molecule has 0 aromatic heterocycles. The van der Waals surface area contributed by atoms with Gasteiger partial charge in [0.25, 0.3) is 0 Å². The molecule has 0 saturated heterocycles. The average Bonchev–Trinajstić information content (AvgIpc) is 2.11. The van der Waals surface area contributed by atoms with Crippen LogP contribution in [-0.2, 0) is 0 Å². The van der Waals surface area contributed by atoms with Gasteiger partial charge >= 0.3 is 0 Å². The Hall–Kier alpha value is -0.520. The highest BCUT2D eigenvalue weighted by Crippen LogP contribution is 2.07. The molecule has 12 heavy (non-hydrogen) atoms. The van der Waals surface area contributed by atoms with Crippen LogP contribution in [0.3, 0.4) is 0 Å². The largest absolute Gasteiger partial charge is 0.271 e. The van der Waals surface area contributed by atoms with Gasteiger partial charge < -0.3 is 0 Å². The van der Waals surface area contributed by atoms with Crippen molar-refractivity contribution in [3.63, 3.8) is 0 Å². The number of nitrogens with one attached hydrogen (secondary N) is 1. The van der Waals surface area contributed by atoms with E-state index in [2.05, 4.69) is 18.3 Å². The van der Waals surface area contributed by atoms with Crippen molar-refractivity contribution in [1.82, 2.24) is 5.43 Å².